The fraction of sp³-hybridized carbons (Fsp3) is 0.944. The highest BCUT2D eigenvalue weighted by molar-refractivity contribution is 6.75. The molecule has 8 heteroatoms. The zero-order valence-corrected chi connectivity index (χ0v) is 21.7. The molecule has 0 rings (SSSR count). The molecule has 0 aliphatic heterocycles. The smallest absolute Gasteiger partial charge is 0.334 e. The number of carbonyl (C=O) groups is 1. The van der Waals surface area contributed by atoms with Gasteiger partial charge in [0, 0.05) is 20.8 Å². The van der Waals surface area contributed by atoms with Gasteiger partial charge in [0.1, 0.15) is 8.24 Å². The highest BCUT2D eigenvalue weighted by atomic mass is 28.4. The minimum Gasteiger partial charge on any atom is -0.519 e. The molecule has 156 valence electrons. The maximum absolute atomic E-state index is 12.5. The third-order valence-electron chi connectivity index (χ3n) is 5.72. The van der Waals surface area contributed by atoms with E-state index in [0.29, 0.717) is 6.42 Å². The third-order valence-corrected chi connectivity index (χ3v) is 15.6. The average Bonchev–Trinajstić information content (AvgIpc) is 2.61. The first kappa shape index (κ1) is 26.0. The SMILES string of the molecule is CC[Si](CC)(CC)OC(=O)CCN(CCC[Si](C)(OC)OC)[Si](C)(C)C. The minimum atomic E-state index is -2.01. The van der Waals surface area contributed by atoms with Crippen LogP contribution in [-0.2, 0) is 18.1 Å². The summed E-state index contributed by atoms with van der Waals surface area (Å²) in [5.41, 5.74) is 0. The summed E-state index contributed by atoms with van der Waals surface area (Å²) in [6, 6.07) is 4.02. The van der Waals surface area contributed by atoms with Gasteiger partial charge in [0.25, 0.3) is 14.3 Å². The van der Waals surface area contributed by atoms with E-state index < -0.39 is 25.1 Å². The highest BCUT2D eigenvalue weighted by Gasteiger charge is 2.33. The summed E-state index contributed by atoms with van der Waals surface area (Å²) in [7, 11) is -1.85. The molecule has 0 N–H and O–H groups in total. The summed E-state index contributed by atoms with van der Waals surface area (Å²) in [5.74, 6) is -0.00142. The molecule has 0 amide bonds. The van der Waals surface area contributed by atoms with Crippen LogP contribution in [0.1, 0.15) is 33.6 Å². The first-order chi connectivity index (χ1) is 12.0. The normalized spacial score (nSPS) is 13.3. The van der Waals surface area contributed by atoms with Gasteiger partial charge in [-0.2, -0.15) is 0 Å². The van der Waals surface area contributed by atoms with Gasteiger partial charge >= 0.3 is 8.56 Å². The molecule has 0 aromatic carbocycles. The molecule has 0 bridgehead atoms. The highest BCUT2D eigenvalue weighted by Crippen LogP contribution is 2.23. The van der Waals surface area contributed by atoms with Crippen LogP contribution in [0.15, 0.2) is 0 Å². The van der Waals surface area contributed by atoms with Crippen LogP contribution in [0.25, 0.3) is 0 Å². The lowest BCUT2D eigenvalue weighted by molar-refractivity contribution is -0.135. The van der Waals surface area contributed by atoms with Crippen LogP contribution >= 0.6 is 0 Å². The van der Waals surface area contributed by atoms with E-state index in [4.69, 9.17) is 13.3 Å². The van der Waals surface area contributed by atoms with Crippen molar-refractivity contribution >= 4 is 31.1 Å². The topological polar surface area (TPSA) is 48.0 Å². The Bertz CT molecular complexity index is 399. The lowest BCUT2D eigenvalue weighted by atomic mass is 10.4. The van der Waals surface area contributed by atoms with Gasteiger partial charge in [-0.15, -0.1) is 0 Å². The molecule has 0 heterocycles. The standard InChI is InChI=1S/C18H43NO4Si3/c1-10-26(11-2,12-3)23-18(20)14-16-19(24(6,7)8)15-13-17-25(9,21-4)22-5/h10-17H2,1-9H3. The number of hydrogen-bond donors (Lipinski definition) is 0. The van der Waals surface area contributed by atoms with Crippen LogP contribution in [0.5, 0.6) is 0 Å². The van der Waals surface area contributed by atoms with E-state index >= 15 is 0 Å². The van der Waals surface area contributed by atoms with Crippen LogP contribution in [0.2, 0.25) is 50.4 Å². The Labute approximate surface area is 165 Å². The van der Waals surface area contributed by atoms with E-state index in [2.05, 4.69) is 51.5 Å². The first-order valence-corrected chi connectivity index (χ1v) is 18.6. The van der Waals surface area contributed by atoms with Crippen LogP contribution in [0.4, 0.5) is 0 Å². The Morgan fingerprint density at radius 3 is 1.77 bits per heavy atom. The Hall–Kier alpha value is 0.000649. The molecule has 0 saturated heterocycles. The predicted octanol–water partition coefficient (Wildman–Crippen LogP) is 4.82. The maximum atomic E-state index is 12.5. The van der Waals surface area contributed by atoms with Crippen LogP contribution < -0.4 is 0 Å². The van der Waals surface area contributed by atoms with Crippen molar-refractivity contribution in [3.05, 3.63) is 0 Å². The van der Waals surface area contributed by atoms with Gasteiger partial charge in [0.05, 0.1) is 6.42 Å². The minimum absolute atomic E-state index is 0.00142. The molecule has 0 saturated carbocycles. The Kier molecular flexibility index (Phi) is 11.8. The van der Waals surface area contributed by atoms with E-state index in [1.165, 1.54) is 0 Å². The van der Waals surface area contributed by atoms with Crippen molar-refractivity contribution in [3.63, 3.8) is 0 Å². The van der Waals surface area contributed by atoms with Gasteiger partial charge in [-0.1, -0.05) is 40.4 Å². The van der Waals surface area contributed by atoms with Crippen molar-refractivity contribution in [2.45, 2.75) is 84.0 Å². The molecule has 0 unspecified atom stereocenters. The molecule has 0 aliphatic carbocycles. The summed E-state index contributed by atoms with van der Waals surface area (Å²) >= 11 is 0. The fourth-order valence-corrected chi connectivity index (χ4v) is 8.65. The fourth-order valence-electron chi connectivity index (χ4n) is 3.15. The molecule has 0 radical (unpaired) electrons. The molecule has 0 aromatic heterocycles. The monoisotopic (exact) mass is 421 g/mol. The molecule has 0 aliphatic rings. The summed E-state index contributed by atoms with van der Waals surface area (Å²) in [6.45, 7) is 17.4. The molecule has 0 fully saturated rings. The van der Waals surface area contributed by atoms with Crippen molar-refractivity contribution in [2.24, 2.45) is 0 Å². The number of hydrogen-bond acceptors (Lipinski definition) is 5. The number of carbonyl (C=O) groups excluding carboxylic acids is 1. The second kappa shape index (κ2) is 11.8. The van der Waals surface area contributed by atoms with Crippen LogP contribution in [0.3, 0.4) is 0 Å². The largest absolute Gasteiger partial charge is 0.519 e. The average molecular weight is 422 g/mol. The molecule has 0 atom stereocenters. The van der Waals surface area contributed by atoms with Crippen molar-refractivity contribution in [1.29, 1.82) is 0 Å². The summed E-state index contributed by atoms with van der Waals surface area (Å²) in [5, 5.41) is 0. The van der Waals surface area contributed by atoms with Gasteiger partial charge in [-0.05, 0) is 43.7 Å². The number of rotatable bonds is 14. The molecular formula is C18H43NO4Si3. The van der Waals surface area contributed by atoms with Crippen molar-refractivity contribution in [1.82, 2.24) is 4.57 Å². The van der Waals surface area contributed by atoms with E-state index in [1.807, 2.05) is 0 Å². The van der Waals surface area contributed by atoms with E-state index in [-0.39, 0.29) is 5.97 Å². The quantitative estimate of drug-likeness (QED) is 0.376. The Morgan fingerprint density at radius 2 is 1.38 bits per heavy atom. The molecule has 26 heavy (non-hydrogen) atoms. The first-order valence-electron chi connectivity index (χ1n) is 10.1. The van der Waals surface area contributed by atoms with Crippen LogP contribution in [-0.4, -0.2) is 63.0 Å². The van der Waals surface area contributed by atoms with Crippen molar-refractivity contribution < 1.29 is 18.1 Å². The van der Waals surface area contributed by atoms with E-state index in [9.17, 15) is 4.79 Å². The zero-order valence-electron chi connectivity index (χ0n) is 18.7. The molecular weight excluding hydrogens is 378 g/mol. The van der Waals surface area contributed by atoms with Gasteiger partial charge in [0.2, 0.25) is 0 Å². The number of nitrogens with zero attached hydrogens (tertiary/aromatic N) is 1. The second-order valence-electron chi connectivity index (χ2n) is 8.27. The van der Waals surface area contributed by atoms with Crippen molar-refractivity contribution in [2.75, 3.05) is 27.3 Å². The summed E-state index contributed by atoms with van der Waals surface area (Å²) < 4.78 is 19.7. The molecule has 0 aromatic rings. The van der Waals surface area contributed by atoms with Gasteiger partial charge in [-0.25, -0.2) is 0 Å². The molecule has 5 nitrogen and oxygen atoms in total. The maximum Gasteiger partial charge on any atom is 0.334 e. The Morgan fingerprint density at radius 1 is 0.885 bits per heavy atom. The Balaban J connectivity index is 4.67. The lowest BCUT2D eigenvalue weighted by Crippen LogP contribution is -2.48. The summed E-state index contributed by atoms with van der Waals surface area (Å²) in [6.07, 6.45) is 1.55. The second-order valence-corrected chi connectivity index (χ2v) is 21.5. The van der Waals surface area contributed by atoms with Crippen LogP contribution in [0, 0.1) is 0 Å². The van der Waals surface area contributed by atoms with E-state index in [0.717, 1.165) is 43.7 Å². The third kappa shape index (κ3) is 8.79. The zero-order chi connectivity index (χ0) is 20.4. The molecule has 0 spiro atoms. The van der Waals surface area contributed by atoms with Crippen molar-refractivity contribution in [3.8, 4) is 0 Å². The van der Waals surface area contributed by atoms with E-state index in [1.54, 1.807) is 14.2 Å². The predicted molar refractivity (Wildman–Crippen MR) is 118 cm³/mol. The van der Waals surface area contributed by atoms with Gasteiger partial charge in [-0.3, -0.25) is 4.79 Å². The lowest BCUT2D eigenvalue weighted by Gasteiger charge is -2.35. The summed E-state index contributed by atoms with van der Waals surface area (Å²) in [4.78, 5) is 12.5. The van der Waals surface area contributed by atoms with Gasteiger partial charge in [0.15, 0.2) is 0 Å². The van der Waals surface area contributed by atoms with Gasteiger partial charge < -0.3 is 17.8 Å².